The Balaban J connectivity index is 1.32. The van der Waals surface area contributed by atoms with Gasteiger partial charge in [0.25, 0.3) is 0 Å². The second-order valence-corrected chi connectivity index (χ2v) is 11.0. The Morgan fingerprint density at radius 2 is 1.59 bits per heavy atom. The Morgan fingerprint density at radius 3 is 2.30 bits per heavy atom. The molecule has 5 rings (SSSR count). The van der Waals surface area contributed by atoms with Crippen LogP contribution in [0.1, 0.15) is 5.56 Å². The summed E-state index contributed by atoms with van der Waals surface area (Å²) in [5.41, 5.74) is 1.85. The minimum Gasteiger partial charge on any atom is -0.497 e. The van der Waals surface area contributed by atoms with E-state index < -0.39 is 21.4 Å². The summed E-state index contributed by atoms with van der Waals surface area (Å²) in [6, 6.07) is 20.8. The number of fused-ring (bicyclic) bond motifs is 1. The maximum absolute atomic E-state index is 14.2. The first kappa shape index (κ1) is 24.8. The third-order valence-corrected chi connectivity index (χ3v) is 8.45. The van der Waals surface area contributed by atoms with Gasteiger partial charge in [-0.05, 0) is 36.4 Å². The minimum atomic E-state index is -3.85. The molecule has 3 aromatic carbocycles. The van der Waals surface area contributed by atoms with E-state index in [2.05, 4.69) is 4.90 Å². The number of aromatic nitrogens is 1. The van der Waals surface area contributed by atoms with Gasteiger partial charge in [-0.15, -0.1) is 0 Å². The van der Waals surface area contributed by atoms with E-state index >= 15 is 0 Å². The van der Waals surface area contributed by atoms with Crippen molar-refractivity contribution in [2.24, 2.45) is 0 Å². The monoisotopic (exact) mass is 521 g/mol. The molecule has 0 N–H and O–H groups in total. The zero-order valence-electron chi connectivity index (χ0n) is 20.5. The van der Waals surface area contributed by atoms with Crippen LogP contribution >= 0.6 is 0 Å². The van der Waals surface area contributed by atoms with Crippen LogP contribution in [0.4, 0.5) is 10.1 Å². The predicted molar refractivity (Wildman–Crippen MR) is 141 cm³/mol. The van der Waals surface area contributed by atoms with Gasteiger partial charge in [0.1, 0.15) is 18.1 Å². The summed E-state index contributed by atoms with van der Waals surface area (Å²) in [4.78, 5) is 17.3. The SMILES string of the molecule is COc1ccc(N2CCN(C(=O)Cn3cc(S(=O)(=O)Cc4ccccc4F)c4ccccc43)CC2)cc1. The molecular weight excluding hydrogens is 493 g/mol. The zero-order valence-corrected chi connectivity index (χ0v) is 21.3. The van der Waals surface area contributed by atoms with E-state index in [1.54, 1.807) is 35.9 Å². The van der Waals surface area contributed by atoms with Crippen molar-refractivity contribution in [1.82, 2.24) is 9.47 Å². The molecule has 1 saturated heterocycles. The van der Waals surface area contributed by atoms with E-state index in [0.29, 0.717) is 37.1 Å². The highest BCUT2D eigenvalue weighted by atomic mass is 32.2. The van der Waals surface area contributed by atoms with Gasteiger partial charge in [-0.2, -0.15) is 0 Å². The molecule has 0 saturated carbocycles. The number of nitrogens with zero attached hydrogens (tertiary/aromatic N) is 3. The van der Waals surface area contributed by atoms with Gasteiger partial charge in [-0.25, -0.2) is 12.8 Å². The third-order valence-electron chi connectivity index (χ3n) is 6.77. The van der Waals surface area contributed by atoms with Gasteiger partial charge in [0.15, 0.2) is 9.84 Å². The normalized spacial score (nSPS) is 14.2. The fourth-order valence-electron chi connectivity index (χ4n) is 4.74. The number of para-hydroxylation sites is 1. The summed E-state index contributed by atoms with van der Waals surface area (Å²) in [6.45, 7) is 2.57. The molecule has 1 fully saturated rings. The zero-order chi connectivity index (χ0) is 26.0. The molecular formula is C28H28FN3O4S. The second-order valence-electron chi connectivity index (χ2n) is 9.05. The number of rotatable bonds is 7. The smallest absolute Gasteiger partial charge is 0.242 e. The number of hydrogen-bond donors (Lipinski definition) is 0. The number of hydrogen-bond acceptors (Lipinski definition) is 5. The summed E-state index contributed by atoms with van der Waals surface area (Å²) in [7, 11) is -2.21. The quantitative estimate of drug-likeness (QED) is 0.366. The van der Waals surface area contributed by atoms with E-state index in [0.717, 1.165) is 11.4 Å². The van der Waals surface area contributed by atoms with Crippen LogP contribution in [0.25, 0.3) is 10.9 Å². The van der Waals surface area contributed by atoms with E-state index in [-0.39, 0.29) is 22.9 Å². The fourth-order valence-corrected chi connectivity index (χ4v) is 6.34. The first-order valence-electron chi connectivity index (χ1n) is 12.1. The molecule has 0 spiro atoms. The highest BCUT2D eigenvalue weighted by molar-refractivity contribution is 7.90. The number of carbonyl (C=O) groups excluding carboxylic acids is 1. The maximum Gasteiger partial charge on any atom is 0.242 e. The number of methoxy groups -OCH3 is 1. The van der Waals surface area contributed by atoms with Crippen LogP contribution in [0.5, 0.6) is 5.75 Å². The number of benzene rings is 3. The Morgan fingerprint density at radius 1 is 0.919 bits per heavy atom. The Hall–Kier alpha value is -3.85. The molecule has 1 amide bonds. The van der Waals surface area contributed by atoms with Gasteiger partial charge >= 0.3 is 0 Å². The van der Waals surface area contributed by atoms with Crippen LogP contribution < -0.4 is 9.64 Å². The lowest BCUT2D eigenvalue weighted by atomic mass is 10.2. The molecule has 0 unspecified atom stereocenters. The summed E-state index contributed by atoms with van der Waals surface area (Å²) >= 11 is 0. The first-order chi connectivity index (χ1) is 17.9. The molecule has 1 aromatic heterocycles. The molecule has 192 valence electrons. The lowest BCUT2D eigenvalue weighted by Crippen LogP contribution is -2.49. The number of piperazine rings is 1. The molecule has 1 aliphatic heterocycles. The van der Waals surface area contributed by atoms with Crippen LogP contribution in [0.3, 0.4) is 0 Å². The van der Waals surface area contributed by atoms with Crippen molar-refractivity contribution in [2.45, 2.75) is 17.2 Å². The number of anilines is 1. The van der Waals surface area contributed by atoms with Gasteiger partial charge < -0.3 is 19.1 Å². The van der Waals surface area contributed by atoms with Gasteiger partial charge in [-0.3, -0.25) is 4.79 Å². The van der Waals surface area contributed by atoms with Crippen LogP contribution in [-0.4, -0.2) is 57.1 Å². The highest BCUT2D eigenvalue weighted by Gasteiger charge is 2.26. The lowest BCUT2D eigenvalue weighted by molar-refractivity contribution is -0.132. The maximum atomic E-state index is 14.2. The van der Waals surface area contributed by atoms with E-state index in [1.807, 2.05) is 35.2 Å². The Labute approximate surface area is 215 Å². The highest BCUT2D eigenvalue weighted by Crippen LogP contribution is 2.29. The number of halogens is 1. The topological polar surface area (TPSA) is 71.8 Å². The van der Waals surface area contributed by atoms with Crippen molar-refractivity contribution in [3.63, 3.8) is 0 Å². The van der Waals surface area contributed by atoms with Crippen molar-refractivity contribution in [3.8, 4) is 5.75 Å². The summed E-state index contributed by atoms with van der Waals surface area (Å²) < 4.78 is 47.7. The van der Waals surface area contributed by atoms with Crippen molar-refractivity contribution in [3.05, 3.63) is 90.4 Å². The Bertz CT molecular complexity index is 1520. The summed E-state index contributed by atoms with van der Waals surface area (Å²) in [5, 5.41) is 0.524. The van der Waals surface area contributed by atoms with Crippen LogP contribution in [0.2, 0.25) is 0 Å². The molecule has 9 heteroatoms. The number of carbonyl (C=O) groups is 1. The van der Waals surface area contributed by atoms with Gasteiger partial charge in [0, 0.05) is 54.5 Å². The van der Waals surface area contributed by atoms with Crippen molar-refractivity contribution in [1.29, 1.82) is 0 Å². The summed E-state index contributed by atoms with van der Waals surface area (Å²) in [6.07, 6.45) is 1.51. The molecule has 4 aromatic rings. The number of sulfone groups is 1. The third kappa shape index (κ3) is 5.17. The van der Waals surface area contributed by atoms with Crippen LogP contribution in [-0.2, 0) is 26.9 Å². The van der Waals surface area contributed by atoms with E-state index in [4.69, 9.17) is 4.74 Å². The van der Waals surface area contributed by atoms with Crippen molar-refractivity contribution < 1.29 is 22.3 Å². The second kappa shape index (κ2) is 10.3. The molecule has 0 aliphatic carbocycles. The predicted octanol–water partition coefficient (Wildman–Crippen LogP) is 4.11. The number of ether oxygens (including phenoxy) is 1. The molecule has 37 heavy (non-hydrogen) atoms. The molecule has 2 heterocycles. The van der Waals surface area contributed by atoms with E-state index in [1.165, 1.54) is 24.4 Å². The van der Waals surface area contributed by atoms with Gasteiger partial charge in [0.2, 0.25) is 5.91 Å². The lowest BCUT2D eigenvalue weighted by Gasteiger charge is -2.36. The average molecular weight is 522 g/mol. The molecule has 1 aliphatic rings. The van der Waals surface area contributed by atoms with E-state index in [9.17, 15) is 17.6 Å². The molecule has 0 bridgehead atoms. The van der Waals surface area contributed by atoms with Gasteiger partial charge in [-0.1, -0.05) is 36.4 Å². The minimum absolute atomic E-state index is 0.0261. The number of amides is 1. The summed E-state index contributed by atoms with van der Waals surface area (Å²) in [5.74, 6) is -0.284. The fraction of sp³-hybridized carbons (Fsp3) is 0.250. The first-order valence-corrected chi connectivity index (χ1v) is 13.7. The molecule has 0 radical (unpaired) electrons. The largest absolute Gasteiger partial charge is 0.497 e. The Kier molecular flexibility index (Phi) is 6.88. The molecule has 0 atom stereocenters. The van der Waals surface area contributed by atoms with Crippen LogP contribution in [0.15, 0.2) is 83.9 Å². The average Bonchev–Trinajstić information content (AvgIpc) is 3.29. The standard InChI is InChI=1S/C28H28FN3O4S/c1-36-23-12-10-22(11-13-23)30-14-16-31(17-15-30)28(33)19-32-18-27(24-7-3-5-9-26(24)32)37(34,35)20-21-6-2-4-8-25(21)29/h2-13,18H,14-17,19-20H2,1H3. The van der Waals surface area contributed by atoms with Crippen molar-refractivity contribution in [2.75, 3.05) is 38.2 Å². The van der Waals surface area contributed by atoms with Crippen molar-refractivity contribution >= 4 is 32.3 Å². The van der Waals surface area contributed by atoms with Gasteiger partial charge in [0.05, 0.1) is 17.8 Å². The molecule has 7 nitrogen and oxygen atoms in total. The van der Waals surface area contributed by atoms with Crippen LogP contribution in [0, 0.1) is 5.82 Å².